The van der Waals surface area contributed by atoms with Crippen LogP contribution in [-0.2, 0) is 0 Å². The number of imidazole rings is 1. The largest absolute Gasteiger partial charge is 0.331 e. The van der Waals surface area contributed by atoms with Crippen molar-refractivity contribution in [2.75, 3.05) is 6.54 Å². The minimum atomic E-state index is 0.432. The zero-order valence-corrected chi connectivity index (χ0v) is 13.8. The van der Waals surface area contributed by atoms with Gasteiger partial charge in [-0.15, -0.1) is 0 Å². The van der Waals surface area contributed by atoms with Gasteiger partial charge in [-0.05, 0) is 56.9 Å². The SMILES string of the molecule is CCC(C)(C)C1CCC(CN)C(n2cnc(C)c2C)C1. The molecule has 0 saturated heterocycles. The van der Waals surface area contributed by atoms with Gasteiger partial charge in [-0.1, -0.05) is 27.2 Å². The zero-order valence-electron chi connectivity index (χ0n) is 13.8. The summed E-state index contributed by atoms with van der Waals surface area (Å²) < 4.78 is 2.39. The first-order chi connectivity index (χ1) is 9.40. The van der Waals surface area contributed by atoms with Crippen molar-refractivity contribution in [1.29, 1.82) is 0 Å². The highest BCUT2D eigenvalue weighted by Gasteiger charge is 2.37. The van der Waals surface area contributed by atoms with Gasteiger partial charge in [0.05, 0.1) is 12.0 Å². The van der Waals surface area contributed by atoms with E-state index in [1.807, 2.05) is 6.33 Å². The summed E-state index contributed by atoms with van der Waals surface area (Å²) in [5.74, 6) is 1.40. The minimum Gasteiger partial charge on any atom is -0.331 e. The smallest absolute Gasteiger partial charge is 0.0954 e. The average Bonchev–Trinajstić information content (AvgIpc) is 2.78. The number of aromatic nitrogens is 2. The molecule has 114 valence electrons. The van der Waals surface area contributed by atoms with Gasteiger partial charge in [0.15, 0.2) is 0 Å². The van der Waals surface area contributed by atoms with Crippen molar-refractivity contribution >= 4 is 0 Å². The van der Waals surface area contributed by atoms with Gasteiger partial charge in [0.25, 0.3) is 0 Å². The van der Waals surface area contributed by atoms with E-state index in [2.05, 4.69) is 44.2 Å². The van der Waals surface area contributed by atoms with E-state index in [0.717, 1.165) is 18.2 Å². The van der Waals surface area contributed by atoms with E-state index in [1.54, 1.807) is 0 Å². The summed E-state index contributed by atoms with van der Waals surface area (Å²) in [5, 5.41) is 0. The Labute approximate surface area is 124 Å². The number of hydrogen-bond acceptors (Lipinski definition) is 2. The third kappa shape index (κ3) is 2.78. The topological polar surface area (TPSA) is 43.8 Å². The molecule has 0 aliphatic heterocycles. The van der Waals surface area contributed by atoms with Crippen molar-refractivity contribution in [1.82, 2.24) is 9.55 Å². The van der Waals surface area contributed by atoms with E-state index in [1.165, 1.54) is 31.4 Å². The van der Waals surface area contributed by atoms with Gasteiger partial charge in [0.2, 0.25) is 0 Å². The Hall–Kier alpha value is -0.830. The highest BCUT2D eigenvalue weighted by Crippen LogP contribution is 2.46. The van der Waals surface area contributed by atoms with Crippen molar-refractivity contribution in [2.45, 2.75) is 66.3 Å². The Kier molecular flexibility index (Phi) is 4.58. The van der Waals surface area contributed by atoms with Crippen LogP contribution in [0.15, 0.2) is 6.33 Å². The number of nitrogens with two attached hydrogens (primary N) is 1. The molecule has 1 aromatic rings. The van der Waals surface area contributed by atoms with Crippen LogP contribution in [0.2, 0.25) is 0 Å². The van der Waals surface area contributed by atoms with E-state index >= 15 is 0 Å². The van der Waals surface area contributed by atoms with Crippen molar-refractivity contribution in [3.8, 4) is 0 Å². The second-order valence-corrected chi connectivity index (χ2v) is 7.24. The number of nitrogens with zero attached hydrogens (tertiary/aromatic N) is 2. The van der Waals surface area contributed by atoms with Gasteiger partial charge in [-0.25, -0.2) is 4.98 Å². The Bertz CT molecular complexity index is 447. The van der Waals surface area contributed by atoms with Crippen LogP contribution in [0.1, 0.15) is 63.9 Å². The fourth-order valence-electron chi connectivity index (χ4n) is 3.67. The first kappa shape index (κ1) is 15.6. The van der Waals surface area contributed by atoms with Gasteiger partial charge >= 0.3 is 0 Å². The van der Waals surface area contributed by atoms with Crippen LogP contribution < -0.4 is 5.73 Å². The first-order valence-electron chi connectivity index (χ1n) is 8.10. The molecule has 20 heavy (non-hydrogen) atoms. The molecule has 0 bridgehead atoms. The molecule has 0 radical (unpaired) electrons. The maximum atomic E-state index is 6.04. The van der Waals surface area contributed by atoms with Crippen LogP contribution in [0.25, 0.3) is 0 Å². The van der Waals surface area contributed by atoms with Crippen molar-refractivity contribution in [2.24, 2.45) is 23.0 Å². The second-order valence-electron chi connectivity index (χ2n) is 7.24. The standard InChI is InChI=1S/C17H31N3/c1-6-17(4,5)15-8-7-14(10-18)16(9-15)20-11-19-12(2)13(20)3/h11,14-16H,6-10,18H2,1-5H3. The van der Waals surface area contributed by atoms with E-state index in [9.17, 15) is 0 Å². The van der Waals surface area contributed by atoms with Gasteiger partial charge in [-0.3, -0.25) is 0 Å². The fourth-order valence-corrected chi connectivity index (χ4v) is 3.67. The molecule has 1 fully saturated rings. The third-order valence-electron chi connectivity index (χ3n) is 5.92. The third-order valence-corrected chi connectivity index (χ3v) is 5.92. The summed E-state index contributed by atoms with van der Waals surface area (Å²) in [6, 6.07) is 0.533. The Balaban J connectivity index is 2.25. The molecule has 2 rings (SSSR count). The first-order valence-corrected chi connectivity index (χ1v) is 8.10. The van der Waals surface area contributed by atoms with E-state index in [-0.39, 0.29) is 0 Å². The monoisotopic (exact) mass is 277 g/mol. The molecule has 2 N–H and O–H groups in total. The molecule has 1 aliphatic carbocycles. The maximum Gasteiger partial charge on any atom is 0.0954 e. The summed E-state index contributed by atoms with van der Waals surface area (Å²) >= 11 is 0. The zero-order chi connectivity index (χ0) is 14.9. The van der Waals surface area contributed by atoms with Crippen LogP contribution in [0.3, 0.4) is 0 Å². The molecule has 3 nitrogen and oxygen atoms in total. The number of aryl methyl sites for hydroxylation is 1. The minimum absolute atomic E-state index is 0.432. The quantitative estimate of drug-likeness (QED) is 0.908. The molecular weight excluding hydrogens is 246 g/mol. The summed E-state index contributed by atoms with van der Waals surface area (Å²) in [6.07, 6.45) is 7.11. The van der Waals surface area contributed by atoms with Crippen LogP contribution in [-0.4, -0.2) is 16.1 Å². The molecule has 0 amide bonds. The van der Waals surface area contributed by atoms with Crippen LogP contribution >= 0.6 is 0 Å². The lowest BCUT2D eigenvalue weighted by Crippen LogP contribution is -2.37. The average molecular weight is 277 g/mol. The van der Waals surface area contributed by atoms with Crippen LogP contribution in [0.4, 0.5) is 0 Å². The highest BCUT2D eigenvalue weighted by atomic mass is 15.1. The van der Waals surface area contributed by atoms with Crippen molar-refractivity contribution in [3.05, 3.63) is 17.7 Å². The Morgan fingerprint density at radius 1 is 1.35 bits per heavy atom. The molecule has 3 atom stereocenters. The molecule has 1 aliphatic rings. The second kappa shape index (κ2) is 5.88. The molecular formula is C17H31N3. The van der Waals surface area contributed by atoms with E-state index in [0.29, 0.717) is 17.4 Å². The molecule has 0 spiro atoms. The number of hydrogen-bond donors (Lipinski definition) is 1. The Morgan fingerprint density at radius 2 is 2.05 bits per heavy atom. The normalized spacial score (nSPS) is 27.8. The van der Waals surface area contributed by atoms with Crippen LogP contribution in [0.5, 0.6) is 0 Å². The highest BCUT2D eigenvalue weighted by molar-refractivity contribution is 5.11. The van der Waals surface area contributed by atoms with Crippen molar-refractivity contribution in [3.63, 3.8) is 0 Å². The molecule has 3 heteroatoms. The summed E-state index contributed by atoms with van der Waals surface area (Å²) in [6.45, 7) is 12.2. The molecule has 1 heterocycles. The summed E-state index contributed by atoms with van der Waals surface area (Å²) in [5.41, 5.74) is 8.93. The summed E-state index contributed by atoms with van der Waals surface area (Å²) in [7, 11) is 0. The van der Waals surface area contributed by atoms with E-state index < -0.39 is 0 Å². The van der Waals surface area contributed by atoms with Gasteiger partial charge in [0, 0.05) is 11.7 Å². The van der Waals surface area contributed by atoms with E-state index in [4.69, 9.17) is 5.73 Å². The van der Waals surface area contributed by atoms with Gasteiger partial charge in [-0.2, -0.15) is 0 Å². The fraction of sp³-hybridized carbons (Fsp3) is 0.824. The lowest BCUT2D eigenvalue weighted by molar-refractivity contribution is 0.0893. The summed E-state index contributed by atoms with van der Waals surface area (Å²) in [4.78, 5) is 4.49. The number of rotatable bonds is 4. The Morgan fingerprint density at radius 3 is 2.55 bits per heavy atom. The maximum absolute atomic E-state index is 6.04. The van der Waals surface area contributed by atoms with Gasteiger partial charge in [0.1, 0.15) is 0 Å². The lowest BCUT2D eigenvalue weighted by atomic mass is 9.66. The van der Waals surface area contributed by atoms with Crippen LogP contribution in [0, 0.1) is 31.1 Å². The molecule has 1 saturated carbocycles. The molecule has 1 aromatic heterocycles. The molecule has 3 unspecified atom stereocenters. The predicted octanol–water partition coefficient (Wildman–Crippen LogP) is 3.85. The van der Waals surface area contributed by atoms with Crippen molar-refractivity contribution < 1.29 is 0 Å². The van der Waals surface area contributed by atoms with Gasteiger partial charge < -0.3 is 10.3 Å². The molecule has 0 aromatic carbocycles. The lowest BCUT2D eigenvalue weighted by Gasteiger charge is -2.43. The predicted molar refractivity (Wildman–Crippen MR) is 84.7 cm³/mol.